The van der Waals surface area contributed by atoms with Crippen LogP contribution >= 0.6 is 11.3 Å². The van der Waals surface area contributed by atoms with Gasteiger partial charge in [0, 0.05) is 13.1 Å². The van der Waals surface area contributed by atoms with E-state index in [-0.39, 0.29) is 17.6 Å². The van der Waals surface area contributed by atoms with Gasteiger partial charge in [0.05, 0.1) is 16.1 Å². The number of amides is 2. The summed E-state index contributed by atoms with van der Waals surface area (Å²) in [4.78, 5) is 24.6. The number of nitrogens with one attached hydrogen (secondary N) is 3. The summed E-state index contributed by atoms with van der Waals surface area (Å²) in [6.45, 7) is 6.03. The second-order valence-electron chi connectivity index (χ2n) is 4.66. The lowest BCUT2D eigenvalue weighted by Crippen LogP contribution is -2.31. The average molecular weight is 321 g/mol. The molecule has 2 heterocycles. The van der Waals surface area contributed by atoms with E-state index >= 15 is 0 Å². The Kier molecular flexibility index (Phi) is 5.74. The Morgan fingerprint density at radius 3 is 2.77 bits per heavy atom. The monoisotopic (exact) mass is 321 g/mol. The Hall–Kier alpha value is -2.12. The Morgan fingerprint density at radius 1 is 1.27 bits per heavy atom. The van der Waals surface area contributed by atoms with Crippen LogP contribution in [-0.2, 0) is 0 Å². The van der Waals surface area contributed by atoms with Gasteiger partial charge in [-0.1, -0.05) is 6.92 Å². The quantitative estimate of drug-likeness (QED) is 0.683. The first-order valence-electron chi connectivity index (χ1n) is 7.06. The van der Waals surface area contributed by atoms with Gasteiger partial charge < -0.3 is 20.4 Å². The lowest BCUT2D eigenvalue weighted by molar-refractivity contribution is 0.0956. The highest BCUT2D eigenvalue weighted by Crippen LogP contribution is 2.27. The highest BCUT2D eigenvalue weighted by molar-refractivity contribution is 7.18. The van der Waals surface area contributed by atoms with E-state index in [9.17, 15) is 9.59 Å². The Morgan fingerprint density at radius 2 is 2.09 bits per heavy atom. The molecule has 0 radical (unpaired) electrons. The molecular weight excluding hydrogens is 302 g/mol. The molecule has 6 nitrogen and oxygen atoms in total. The van der Waals surface area contributed by atoms with Gasteiger partial charge in [0.25, 0.3) is 11.8 Å². The fourth-order valence-corrected chi connectivity index (χ4v) is 2.86. The molecule has 0 spiro atoms. The van der Waals surface area contributed by atoms with Crippen LogP contribution < -0.4 is 16.0 Å². The van der Waals surface area contributed by atoms with Crippen LogP contribution in [0.3, 0.4) is 0 Å². The summed E-state index contributed by atoms with van der Waals surface area (Å²) < 4.78 is 5.03. The van der Waals surface area contributed by atoms with E-state index in [4.69, 9.17) is 4.42 Å². The molecule has 2 rings (SSSR count). The smallest absolute Gasteiger partial charge is 0.291 e. The number of rotatable bonds is 7. The van der Waals surface area contributed by atoms with Crippen molar-refractivity contribution in [2.45, 2.75) is 13.8 Å². The van der Waals surface area contributed by atoms with E-state index in [1.807, 2.05) is 13.8 Å². The van der Waals surface area contributed by atoms with Crippen molar-refractivity contribution in [2.24, 2.45) is 0 Å². The molecule has 0 aliphatic rings. The van der Waals surface area contributed by atoms with Crippen molar-refractivity contribution in [3.8, 4) is 0 Å². The molecule has 7 heteroatoms. The molecule has 0 aliphatic carbocycles. The second-order valence-corrected chi connectivity index (χ2v) is 5.72. The summed E-state index contributed by atoms with van der Waals surface area (Å²) >= 11 is 1.25. The topological polar surface area (TPSA) is 83.4 Å². The number of likely N-dealkylation sites (N-methyl/N-ethyl adjacent to an activating group) is 1. The molecule has 0 atom stereocenters. The van der Waals surface area contributed by atoms with Gasteiger partial charge in [-0.15, -0.1) is 11.3 Å². The molecular formula is C15H19N3O3S. The first-order chi connectivity index (χ1) is 10.6. The number of furan rings is 1. The maximum Gasteiger partial charge on any atom is 0.291 e. The number of aryl methyl sites for hydroxylation is 1. The van der Waals surface area contributed by atoms with E-state index in [2.05, 4.69) is 16.0 Å². The van der Waals surface area contributed by atoms with E-state index in [0.717, 1.165) is 18.7 Å². The zero-order valence-corrected chi connectivity index (χ0v) is 13.4. The van der Waals surface area contributed by atoms with Crippen LogP contribution in [0.4, 0.5) is 5.00 Å². The SMILES string of the molecule is CCNCCNC(=O)c1sc(NC(=O)c2ccco2)cc1C. The lowest BCUT2D eigenvalue weighted by atomic mass is 10.3. The van der Waals surface area contributed by atoms with Gasteiger partial charge in [0.1, 0.15) is 0 Å². The number of carbonyl (C=O) groups excluding carboxylic acids is 2. The number of carbonyl (C=O) groups is 2. The van der Waals surface area contributed by atoms with Crippen molar-refractivity contribution in [3.63, 3.8) is 0 Å². The third-order valence-electron chi connectivity index (χ3n) is 2.94. The third-order valence-corrected chi connectivity index (χ3v) is 4.09. The maximum atomic E-state index is 12.1. The van der Waals surface area contributed by atoms with Crippen LogP contribution in [0.15, 0.2) is 28.9 Å². The number of anilines is 1. The van der Waals surface area contributed by atoms with Crippen molar-refractivity contribution < 1.29 is 14.0 Å². The fourth-order valence-electron chi connectivity index (χ4n) is 1.87. The van der Waals surface area contributed by atoms with Gasteiger partial charge in [-0.25, -0.2) is 0 Å². The first-order valence-corrected chi connectivity index (χ1v) is 7.87. The number of hydrogen-bond acceptors (Lipinski definition) is 5. The van der Waals surface area contributed by atoms with Gasteiger partial charge >= 0.3 is 0 Å². The predicted molar refractivity (Wildman–Crippen MR) is 86.6 cm³/mol. The Balaban J connectivity index is 1.95. The average Bonchev–Trinajstić information content (AvgIpc) is 3.13. The summed E-state index contributed by atoms with van der Waals surface area (Å²) in [5.74, 6) is -0.216. The molecule has 118 valence electrons. The lowest BCUT2D eigenvalue weighted by Gasteiger charge is -2.04. The standard InChI is InChI=1S/C15H19N3O3S/c1-3-16-6-7-17-15(20)13-10(2)9-12(22-13)18-14(19)11-5-4-8-21-11/h4-5,8-9,16H,3,6-7H2,1-2H3,(H,17,20)(H,18,19). The van der Waals surface area contributed by atoms with Gasteiger partial charge in [0.2, 0.25) is 0 Å². The minimum atomic E-state index is -0.328. The van der Waals surface area contributed by atoms with E-state index in [1.54, 1.807) is 18.2 Å². The molecule has 2 aromatic rings. The van der Waals surface area contributed by atoms with E-state index in [0.29, 0.717) is 16.4 Å². The van der Waals surface area contributed by atoms with Gasteiger partial charge in [-0.05, 0) is 37.2 Å². The van der Waals surface area contributed by atoms with Gasteiger partial charge in [-0.3, -0.25) is 9.59 Å². The number of hydrogen-bond donors (Lipinski definition) is 3. The molecule has 0 aromatic carbocycles. The maximum absolute atomic E-state index is 12.1. The molecule has 0 saturated carbocycles. The molecule has 0 aliphatic heterocycles. The minimum absolute atomic E-state index is 0.126. The molecule has 0 saturated heterocycles. The number of thiophene rings is 1. The van der Waals surface area contributed by atoms with Crippen LogP contribution in [0.2, 0.25) is 0 Å². The highest BCUT2D eigenvalue weighted by Gasteiger charge is 2.16. The molecule has 3 N–H and O–H groups in total. The largest absolute Gasteiger partial charge is 0.459 e. The van der Waals surface area contributed by atoms with Gasteiger partial charge in [0.15, 0.2) is 5.76 Å². The summed E-state index contributed by atoms with van der Waals surface area (Å²) in [5.41, 5.74) is 0.834. The van der Waals surface area contributed by atoms with Crippen LogP contribution in [-0.4, -0.2) is 31.4 Å². The van der Waals surface area contributed by atoms with Crippen LogP contribution in [0.1, 0.15) is 32.7 Å². The van der Waals surface area contributed by atoms with Crippen molar-refractivity contribution in [3.05, 3.63) is 40.7 Å². The summed E-state index contributed by atoms with van der Waals surface area (Å²) in [6.07, 6.45) is 1.44. The van der Waals surface area contributed by atoms with E-state index < -0.39 is 0 Å². The molecule has 0 fully saturated rings. The van der Waals surface area contributed by atoms with Crippen LogP contribution in [0.25, 0.3) is 0 Å². The zero-order valence-electron chi connectivity index (χ0n) is 12.6. The van der Waals surface area contributed by atoms with Crippen molar-refractivity contribution in [2.75, 3.05) is 25.0 Å². The van der Waals surface area contributed by atoms with Gasteiger partial charge in [-0.2, -0.15) is 0 Å². The second kappa shape index (κ2) is 7.77. The predicted octanol–water partition coefficient (Wildman–Crippen LogP) is 2.24. The first kappa shape index (κ1) is 16.3. The molecule has 2 aromatic heterocycles. The summed E-state index contributed by atoms with van der Waals surface area (Å²) in [5, 5.41) is 9.34. The summed E-state index contributed by atoms with van der Waals surface area (Å²) in [6, 6.07) is 5.02. The van der Waals surface area contributed by atoms with E-state index in [1.165, 1.54) is 17.6 Å². The van der Waals surface area contributed by atoms with Crippen molar-refractivity contribution >= 4 is 28.2 Å². The van der Waals surface area contributed by atoms with Crippen LogP contribution in [0.5, 0.6) is 0 Å². The fraction of sp³-hybridized carbons (Fsp3) is 0.333. The Labute approximate surface area is 132 Å². The molecule has 2 amide bonds. The zero-order chi connectivity index (χ0) is 15.9. The highest BCUT2D eigenvalue weighted by atomic mass is 32.1. The minimum Gasteiger partial charge on any atom is -0.459 e. The van der Waals surface area contributed by atoms with Crippen LogP contribution in [0, 0.1) is 6.92 Å². The van der Waals surface area contributed by atoms with Crippen molar-refractivity contribution in [1.29, 1.82) is 0 Å². The molecule has 22 heavy (non-hydrogen) atoms. The normalized spacial score (nSPS) is 10.5. The molecule has 0 bridgehead atoms. The van der Waals surface area contributed by atoms with Crippen molar-refractivity contribution in [1.82, 2.24) is 10.6 Å². The Bertz CT molecular complexity index is 635. The molecule has 0 unspecified atom stereocenters. The third kappa shape index (κ3) is 4.19. The summed E-state index contributed by atoms with van der Waals surface area (Å²) in [7, 11) is 0.